The molecule has 5 heteroatoms. The number of nitrogens with two attached hydrogens (primary N) is 1. The molecular formula is C16H21BrClN3. The van der Waals surface area contributed by atoms with Crippen LogP contribution in [0.25, 0.3) is 11.3 Å². The van der Waals surface area contributed by atoms with Crippen LogP contribution in [0.4, 0.5) is 5.82 Å². The van der Waals surface area contributed by atoms with Gasteiger partial charge >= 0.3 is 0 Å². The maximum Gasteiger partial charge on any atom is 0.131 e. The molecule has 0 aliphatic rings. The summed E-state index contributed by atoms with van der Waals surface area (Å²) in [5, 5.41) is 0.659. The van der Waals surface area contributed by atoms with Crippen LogP contribution in [0, 0.1) is 0 Å². The molecule has 2 N–H and O–H groups in total. The van der Waals surface area contributed by atoms with E-state index >= 15 is 0 Å². The number of imidazole rings is 1. The molecule has 0 unspecified atom stereocenters. The highest BCUT2D eigenvalue weighted by Crippen LogP contribution is 2.36. The zero-order valence-electron chi connectivity index (χ0n) is 12.9. The van der Waals surface area contributed by atoms with E-state index in [0.717, 1.165) is 34.5 Å². The Morgan fingerprint density at radius 2 is 2.00 bits per heavy atom. The van der Waals surface area contributed by atoms with Crippen LogP contribution in [-0.4, -0.2) is 9.55 Å². The van der Waals surface area contributed by atoms with Crippen LogP contribution < -0.4 is 5.73 Å². The van der Waals surface area contributed by atoms with E-state index in [1.54, 1.807) is 0 Å². The first kappa shape index (κ1) is 16.4. The molecule has 0 atom stereocenters. The van der Waals surface area contributed by atoms with Crippen molar-refractivity contribution in [2.45, 2.75) is 46.1 Å². The summed E-state index contributed by atoms with van der Waals surface area (Å²) < 4.78 is 3.07. The molecule has 2 aromatic rings. The summed E-state index contributed by atoms with van der Waals surface area (Å²) in [6.45, 7) is 9.43. The second-order valence-corrected chi connectivity index (χ2v) is 7.52. The number of benzene rings is 1. The third-order valence-corrected chi connectivity index (χ3v) is 4.13. The number of anilines is 1. The Morgan fingerprint density at radius 3 is 2.57 bits per heavy atom. The van der Waals surface area contributed by atoms with Gasteiger partial charge in [0.1, 0.15) is 17.3 Å². The predicted molar refractivity (Wildman–Crippen MR) is 93.8 cm³/mol. The van der Waals surface area contributed by atoms with Crippen LogP contribution in [0.15, 0.2) is 22.7 Å². The van der Waals surface area contributed by atoms with Crippen molar-refractivity contribution in [3.8, 4) is 11.3 Å². The van der Waals surface area contributed by atoms with Crippen LogP contribution in [0.2, 0.25) is 5.02 Å². The third-order valence-electron chi connectivity index (χ3n) is 3.31. The molecule has 1 heterocycles. The van der Waals surface area contributed by atoms with E-state index in [1.807, 2.05) is 18.2 Å². The molecule has 3 nitrogen and oxygen atoms in total. The average Bonchev–Trinajstić information content (AvgIpc) is 2.71. The van der Waals surface area contributed by atoms with Crippen molar-refractivity contribution in [2.24, 2.45) is 0 Å². The summed E-state index contributed by atoms with van der Waals surface area (Å²) in [6, 6.07) is 5.73. The van der Waals surface area contributed by atoms with Gasteiger partial charge in [-0.1, -0.05) is 55.2 Å². The van der Waals surface area contributed by atoms with Gasteiger partial charge in [-0.05, 0) is 24.6 Å². The van der Waals surface area contributed by atoms with Crippen LogP contribution in [0.5, 0.6) is 0 Å². The van der Waals surface area contributed by atoms with Gasteiger partial charge in [0.25, 0.3) is 0 Å². The van der Waals surface area contributed by atoms with Crippen molar-refractivity contribution in [3.05, 3.63) is 33.5 Å². The lowest BCUT2D eigenvalue weighted by Gasteiger charge is -2.19. The molecular weight excluding hydrogens is 350 g/mol. The number of hydrogen-bond donors (Lipinski definition) is 1. The average molecular weight is 371 g/mol. The van der Waals surface area contributed by atoms with Gasteiger partial charge in [-0.15, -0.1) is 0 Å². The van der Waals surface area contributed by atoms with Gasteiger partial charge in [0.15, 0.2) is 0 Å². The minimum Gasteiger partial charge on any atom is -0.383 e. The van der Waals surface area contributed by atoms with E-state index in [1.165, 1.54) is 0 Å². The Balaban J connectivity index is 2.68. The monoisotopic (exact) mass is 369 g/mol. The Hall–Kier alpha value is -1.00. The summed E-state index contributed by atoms with van der Waals surface area (Å²) in [5.41, 5.74) is 7.92. The zero-order valence-corrected chi connectivity index (χ0v) is 15.2. The number of hydrogen-bond acceptors (Lipinski definition) is 2. The van der Waals surface area contributed by atoms with Crippen molar-refractivity contribution in [2.75, 3.05) is 5.73 Å². The fourth-order valence-corrected chi connectivity index (χ4v) is 2.93. The highest BCUT2D eigenvalue weighted by molar-refractivity contribution is 9.10. The number of aromatic nitrogens is 2. The molecule has 114 valence electrons. The second kappa shape index (κ2) is 6.01. The van der Waals surface area contributed by atoms with Gasteiger partial charge in [0.2, 0.25) is 0 Å². The summed E-state index contributed by atoms with van der Waals surface area (Å²) >= 11 is 9.81. The van der Waals surface area contributed by atoms with Gasteiger partial charge < -0.3 is 10.3 Å². The van der Waals surface area contributed by atoms with Gasteiger partial charge in [-0.25, -0.2) is 4.98 Å². The molecule has 0 saturated heterocycles. The standard InChI is InChI=1S/C16H21BrClN3/c1-5-8-21-14(19)13(20-15(21)16(2,3)4)11-9-10(17)6-7-12(11)18/h6-7,9H,5,8,19H2,1-4H3. The lowest BCUT2D eigenvalue weighted by Crippen LogP contribution is -2.19. The summed E-state index contributed by atoms with van der Waals surface area (Å²) in [4.78, 5) is 4.80. The number of rotatable bonds is 3. The first-order chi connectivity index (χ1) is 9.75. The minimum absolute atomic E-state index is 0.0694. The number of halogens is 2. The zero-order chi connectivity index (χ0) is 15.8. The molecule has 1 aromatic carbocycles. The highest BCUT2D eigenvalue weighted by atomic mass is 79.9. The van der Waals surface area contributed by atoms with Crippen LogP contribution >= 0.6 is 27.5 Å². The third kappa shape index (κ3) is 3.27. The second-order valence-electron chi connectivity index (χ2n) is 6.20. The largest absolute Gasteiger partial charge is 0.383 e. The highest BCUT2D eigenvalue weighted by Gasteiger charge is 2.25. The molecule has 0 radical (unpaired) electrons. The van der Waals surface area contributed by atoms with Crippen molar-refractivity contribution in [1.29, 1.82) is 0 Å². The van der Waals surface area contributed by atoms with E-state index in [-0.39, 0.29) is 5.41 Å². The van der Waals surface area contributed by atoms with Gasteiger partial charge in [0.05, 0.1) is 5.02 Å². The SMILES string of the molecule is CCCn1c(C(C)(C)C)nc(-c2cc(Br)ccc2Cl)c1N. The van der Waals surface area contributed by atoms with Gasteiger partial charge in [0, 0.05) is 22.0 Å². The Morgan fingerprint density at radius 1 is 1.33 bits per heavy atom. The Kier molecular flexibility index (Phi) is 4.69. The van der Waals surface area contributed by atoms with E-state index in [4.69, 9.17) is 22.3 Å². The summed E-state index contributed by atoms with van der Waals surface area (Å²) in [7, 11) is 0. The maximum atomic E-state index is 6.36. The Bertz CT molecular complexity index is 656. The van der Waals surface area contributed by atoms with Gasteiger partial charge in [-0.2, -0.15) is 0 Å². The fourth-order valence-electron chi connectivity index (χ4n) is 2.37. The number of nitrogen functional groups attached to an aromatic ring is 1. The van der Waals surface area contributed by atoms with Crippen molar-refractivity contribution >= 4 is 33.3 Å². The van der Waals surface area contributed by atoms with Crippen LogP contribution in [0.1, 0.15) is 39.9 Å². The molecule has 0 aliphatic carbocycles. The van der Waals surface area contributed by atoms with E-state index in [9.17, 15) is 0 Å². The predicted octanol–water partition coefficient (Wildman–Crippen LogP) is 5.26. The lowest BCUT2D eigenvalue weighted by molar-refractivity contribution is 0.498. The molecule has 0 saturated carbocycles. The van der Waals surface area contributed by atoms with E-state index in [0.29, 0.717) is 10.8 Å². The van der Waals surface area contributed by atoms with Crippen LogP contribution in [0.3, 0.4) is 0 Å². The quantitative estimate of drug-likeness (QED) is 0.801. The molecule has 0 spiro atoms. The molecule has 21 heavy (non-hydrogen) atoms. The molecule has 0 aliphatic heterocycles. The lowest BCUT2D eigenvalue weighted by atomic mass is 9.95. The summed E-state index contributed by atoms with van der Waals surface area (Å²) in [6.07, 6.45) is 1.01. The first-order valence-corrected chi connectivity index (χ1v) is 8.24. The van der Waals surface area contributed by atoms with E-state index in [2.05, 4.69) is 48.2 Å². The summed E-state index contributed by atoms with van der Waals surface area (Å²) in [5.74, 6) is 1.68. The van der Waals surface area contributed by atoms with Crippen molar-refractivity contribution in [3.63, 3.8) is 0 Å². The first-order valence-electron chi connectivity index (χ1n) is 7.07. The molecule has 2 rings (SSSR count). The smallest absolute Gasteiger partial charge is 0.131 e. The molecule has 1 aromatic heterocycles. The van der Waals surface area contributed by atoms with Crippen LogP contribution in [-0.2, 0) is 12.0 Å². The fraction of sp³-hybridized carbons (Fsp3) is 0.438. The maximum absolute atomic E-state index is 6.36. The minimum atomic E-state index is -0.0694. The molecule has 0 amide bonds. The van der Waals surface area contributed by atoms with Gasteiger partial charge in [-0.3, -0.25) is 0 Å². The Labute approximate surface area is 139 Å². The molecule has 0 bridgehead atoms. The van der Waals surface area contributed by atoms with Crippen molar-refractivity contribution in [1.82, 2.24) is 9.55 Å². The normalized spacial score (nSPS) is 11.9. The number of nitrogens with zero attached hydrogens (tertiary/aromatic N) is 2. The molecule has 0 fully saturated rings. The van der Waals surface area contributed by atoms with E-state index < -0.39 is 0 Å². The topological polar surface area (TPSA) is 43.8 Å². The van der Waals surface area contributed by atoms with Crippen molar-refractivity contribution < 1.29 is 0 Å².